The molecule has 2 atom stereocenters. The summed E-state index contributed by atoms with van der Waals surface area (Å²) in [5, 5.41) is 3.42. The Kier molecular flexibility index (Phi) is 5.25. The van der Waals surface area contributed by atoms with Crippen LogP contribution < -0.4 is 11.1 Å². The normalized spacial score (nSPS) is 22.9. The van der Waals surface area contributed by atoms with Gasteiger partial charge in [-0.2, -0.15) is 0 Å². The average Bonchev–Trinajstić information content (AvgIpc) is 2.65. The van der Waals surface area contributed by atoms with Crippen molar-refractivity contribution in [2.45, 2.75) is 31.3 Å². The van der Waals surface area contributed by atoms with Crippen LogP contribution in [0.3, 0.4) is 0 Å². The zero-order valence-corrected chi connectivity index (χ0v) is 10.9. The number of amides is 1. The van der Waals surface area contributed by atoms with Crippen LogP contribution in [-0.4, -0.2) is 18.0 Å². The lowest BCUT2D eigenvalue weighted by Crippen LogP contribution is -2.44. The first-order valence-electron chi connectivity index (χ1n) is 5.49. The molecule has 0 aliphatic heterocycles. The predicted molar refractivity (Wildman–Crippen MR) is 71.8 cm³/mol. The Balaban J connectivity index is 0.00000144. The summed E-state index contributed by atoms with van der Waals surface area (Å²) in [6, 6.07) is 7.20. The van der Waals surface area contributed by atoms with Crippen molar-refractivity contribution in [3.8, 4) is 0 Å². The molecule has 1 aromatic rings. The maximum atomic E-state index is 11.9. The summed E-state index contributed by atoms with van der Waals surface area (Å²) in [6.45, 7) is 0. The van der Waals surface area contributed by atoms with Gasteiger partial charge in [-0.05, 0) is 31.4 Å². The highest BCUT2D eigenvalue weighted by molar-refractivity contribution is 6.33. The molecule has 0 heterocycles. The van der Waals surface area contributed by atoms with Gasteiger partial charge >= 0.3 is 0 Å². The molecule has 0 bridgehead atoms. The second-order valence-electron chi connectivity index (χ2n) is 4.15. The van der Waals surface area contributed by atoms with Crippen LogP contribution in [0.2, 0.25) is 5.02 Å². The Labute approximate surface area is 112 Å². The minimum atomic E-state index is -0.132. The van der Waals surface area contributed by atoms with Crippen LogP contribution >= 0.6 is 24.0 Å². The largest absolute Gasteiger partial charge is 0.348 e. The van der Waals surface area contributed by atoms with Gasteiger partial charge in [-0.25, -0.2) is 0 Å². The van der Waals surface area contributed by atoms with Gasteiger partial charge in [-0.3, -0.25) is 4.79 Å². The lowest BCUT2D eigenvalue weighted by molar-refractivity contribution is 0.0935. The third kappa shape index (κ3) is 3.35. The first-order valence-corrected chi connectivity index (χ1v) is 5.87. The molecule has 0 spiro atoms. The molecule has 5 heteroatoms. The maximum absolute atomic E-state index is 11.9. The molecule has 3 nitrogen and oxygen atoms in total. The van der Waals surface area contributed by atoms with Crippen molar-refractivity contribution in [2.24, 2.45) is 5.73 Å². The van der Waals surface area contributed by atoms with E-state index in [4.69, 9.17) is 17.3 Å². The lowest BCUT2D eigenvalue weighted by atomic mass is 10.1. The van der Waals surface area contributed by atoms with E-state index in [1.54, 1.807) is 24.3 Å². The summed E-state index contributed by atoms with van der Waals surface area (Å²) in [5.41, 5.74) is 6.41. The average molecular weight is 275 g/mol. The van der Waals surface area contributed by atoms with E-state index in [2.05, 4.69) is 5.32 Å². The zero-order valence-electron chi connectivity index (χ0n) is 9.36. The number of hydrogen-bond acceptors (Lipinski definition) is 2. The van der Waals surface area contributed by atoms with Gasteiger partial charge in [0.15, 0.2) is 0 Å². The van der Waals surface area contributed by atoms with Crippen molar-refractivity contribution in [2.75, 3.05) is 0 Å². The molecule has 2 rings (SSSR count). The third-order valence-electron chi connectivity index (χ3n) is 3.00. The number of halogens is 2. The van der Waals surface area contributed by atoms with Gasteiger partial charge in [0.2, 0.25) is 0 Å². The second kappa shape index (κ2) is 6.24. The molecule has 1 aromatic carbocycles. The summed E-state index contributed by atoms with van der Waals surface area (Å²) in [6.07, 6.45) is 3.01. The summed E-state index contributed by atoms with van der Waals surface area (Å²) in [4.78, 5) is 11.9. The highest BCUT2D eigenvalue weighted by atomic mass is 35.5. The Morgan fingerprint density at radius 2 is 2.06 bits per heavy atom. The van der Waals surface area contributed by atoms with Gasteiger partial charge in [0.25, 0.3) is 5.91 Å². The van der Waals surface area contributed by atoms with Crippen LogP contribution in [0.15, 0.2) is 24.3 Å². The van der Waals surface area contributed by atoms with Crippen LogP contribution in [-0.2, 0) is 0 Å². The van der Waals surface area contributed by atoms with Crippen molar-refractivity contribution in [3.63, 3.8) is 0 Å². The smallest absolute Gasteiger partial charge is 0.253 e. The number of nitrogens with one attached hydrogen (secondary N) is 1. The zero-order chi connectivity index (χ0) is 11.5. The highest BCUT2D eigenvalue weighted by Gasteiger charge is 2.25. The van der Waals surface area contributed by atoms with Crippen LogP contribution in [0.5, 0.6) is 0 Å². The van der Waals surface area contributed by atoms with E-state index in [-0.39, 0.29) is 30.4 Å². The Morgan fingerprint density at radius 1 is 1.35 bits per heavy atom. The van der Waals surface area contributed by atoms with E-state index in [0.717, 1.165) is 19.3 Å². The Hall–Kier alpha value is -0.770. The molecule has 1 aliphatic carbocycles. The molecule has 1 fully saturated rings. The topological polar surface area (TPSA) is 55.1 Å². The molecule has 3 N–H and O–H groups in total. The van der Waals surface area contributed by atoms with Gasteiger partial charge in [0.1, 0.15) is 0 Å². The van der Waals surface area contributed by atoms with Crippen molar-refractivity contribution in [1.29, 1.82) is 0 Å². The summed E-state index contributed by atoms with van der Waals surface area (Å²) in [5.74, 6) is -0.132. The monoisotopic (exact) mass is 274 g/mol. The van der Waals surface area contributed by atoms with E-state index >= 15 is 0 Å². The molecule has 1 amide bonds. The molecule has 94 valence electrons. The Bertz CT molecular complexity index is 398. The number of rotatable bonds is 2. The maximum Gasteiger partial charge on any atom is 0.253 e. The quantitative estimate of drug-likeness (QED) is 0.870. The van der Waals surface area contributed by atoms with Crippen molar-refractivity contribution < 1.29 is 4.79 Å². The van der Waals surface area contributed by atoms with Crippen molar-refractivity contribution in [3.05, 3.63) is 34.9 Å². The van der Waals surface area contributed by atoms with Gasteiger partial charge in [-0.1, -0.05) is 23.7 Å². The second-order valence-corrected chi connectivity index (χ2v) is 4.56. The van der Waals surface area contributed by atoms with E-state index in [1.165, 1.54) is 0 Å². The van der Waals surface area contributed by atoms with Crippen LogP contribution in [0.25, 0.3) is 0 Å². The molecular formula is C12H16Cl2N2O. The Morgan fingerprint density at radius 3 is 2.65 bits per heavy atom. The van der Waals surface area contributed by atoms with Gasteiger partial charge < -0.3 is 11.1 Å². The number of hydrogen-bond donors (Lipinski definition) is 2. The molecule has 1 aliphatic rings. The van der Waals surface area contributed by atoms with Crippen molar-refractivity contribution >= 4 is 29.9 Å². The molecule has 0 saturated heterocycles. The summed E-state index contributed by atoms with van der Waals surface area (Å²) < 4.78 is 0. The van der Waals surface area contributed by atoms with Crippen LogP contribution in [0.4, 0.5) is 0 Å². The standard InChI is InChI=1S/C12H15ClN2O.ClH/c13-9-5-2-1-4-8(9)12(16)15-11-7-3-6-10(11)14;/h1-2,4-5,10-11H,3,6-7,14H2,(H,15,16);1H/t10-,11?;/m0./s1. The van der Waals surface area contributed by atoms with Gasteiger partial charge in [0.05, 0.1) is 10.6 Å². The first-order chi connectivity index (χ1) is 7.68. The fraction of sp³-hybridized carbons (Fsp3) is 0.417. The SMILES string of the molecule is Cl.N[C@H]1CCCC1NC(=O)c1ccccc1Cl. The minimum Gasteiger partial charge on any atom is -0.348 e. The van der Waals surface area contributed by atoms with Crippen LogP contribution in [0.1, 0.15) is 29.6 Å². The highest BCUT2D eigenvalue weighted by Crippen LogP contribution is 2.19. The summed E-state index contributed by atoms with van der Waals surface area (Å²) in [7, 11) is 0. The molecule has 1 saturated carbocycles. The molecule has 17 heavy (non-hydrogen) atoms. The fourth-order valence-corrected chi connectivity index (χ4v) is 2.28. The molecule has 0 aromatic heterocycles. The molecular weight excluding hydrogens is 259 g/mol. The number of benzene rings is 1. The lowest BCUT2D eigenvalue weighted by Gasteiger charge is -2.17. The van der Waals surface area contributed by atoms with Gasteiger partial charge in [0, 0.05) is 12.1 Å². The van der Waals surface area contributed by atoms with E-state index in [1.807, 2.05) is 0 Å². The van der Waals surface area contributed by atoms with Crippen LogP contribution in [0, 0.1) is 0 Å². The van der Waals surface area contributed by atoms with E-state index in [0.29, 0.717) is 10.6 Å². The first kappa shape index (κ1) is 14.3. The number of carbonyl (C=O) groups is 1. The third-order valence-corrected chi connectivity index (χ3v) is 3.33. The number of carbonyl (C=O) groups excluding carboxylic acids is 1. The number of nitrogens with two attached hydrogens (primary N) is 1. The predicted octanol–water partition coefficient (Wildman–Crippen LogP) is 2.37. The summed E-state index contributed by atoms with van der Waals surface area (Å²) >= 11 is 5.95. The van der Waals surface area contributed by atoms with E-state index in [9.17, 15) is 4.79 Å². The van der Waals surface area contributed by atoms with E-state index < -0.39 is 0 Å². The van der Waals surface area contributed by atoms with Gasteiger partial charge in [-0.15, -0.1) is 12.4 Å². The van der Waals surface area contributed by atoms with Crippen molar-refractivity contribution in [1.82, 2.24) is 5.32 Å². The fourth-order valence-electron chi connectivity index (χ4n) is 2.06. The molecule has 1 unspecified atom stereocenters. The molecule has 0 radical (unpaired) electrons. The minimum absolute atomic E-state index is 0.